The van der Waals surface area contributed by atoms with Crippen molar-refractivity contribution >= 4 is 12.6 Å². The molecule has 0 saturated carbocycles. The SMILES string of the molecule is F[B-](F)(F)c1cc(C(F)(F)F)n[nH]1. The lowest BCUT2D eigenvalue weighted by Crippen LogP contribution is -2.35. The van der Waals surface area contributed by atoms with Crippen molar-refractivity contribution in [3.8, 4) is 0 Å². The number of aromatic amines is 1. The molecular formula is C4H2BF6N2-. The summed E-state index contributed by atoms with van der Waals surface area (Å²) in [6.07, 6.45) is -4.85. The number of nitrogens with one attached hydrogen (secondary N) is 1. The van der Waals surface area contributed by atoms with Gasteiger partial charge in [-0.15, -0.1) is 0 Å². The molecule has 0 aliphatic heterocycles. The molecule has 0 aliphatic rings. The summed E-state index contributed by atoms with van der Waals surface area (Å²) in [6, 6.07) is -0.0556. The fraction of sp³-hybridized carbons (Fsp3) is 0.250. The first kappa shape index (κ1) is 9.94. The number of aromatic nitrogens is 2. The van der Waals surface area contributed by atoms with Gasteiger partial charge >= 0.3 is 13.2 Å². The van der Waals surface area contributed by atoms with E-state index in [1.54, 1.807) is 0 Å². The molecule has 0 aliphatic carbocycles. The monoisotopic (exact) mass is 203 g/mol. The summed E-state index contributed by atoms with van der Waals surface area (Å²) in [4.78, 5) is 0. The minimum atomic E-state index is -5.45. The number of nitrogens with zero attached hydrogens (tertiary/aromatic N) is 1. The average Bonchev–Trinajstić information content (AvgIpc) is 2.28. The molecule has 0 bridgehead atoms. The molecular weight excluding hydrogens is 201 g/mol. The van der Waals surface area contributed by atoms with Gasteiger partial charge in [0.25, 0.3) is 0 Å². The molecule has 1 rings (SSSR count). The van der Waals surface area contributed by atoms with Crippen LogP contribution in [0.5, 0.6) is 0 Å². The zero-order valence-corrected chi connectivity index (χ0v) is 5.87. The van der Waals surface area contributed by atoms with Crippen LogP contribution in [0.15, 0.2) is 6.07 Å². The molecule has 0 fully saturated rings. The lowest BCUT2D eigenvalue weighted by molar-refractivity contribution is -0.141. The van der Waals surface area contributed by atoms with E-state index in [0.29, 0.717) is 0 Å². The molecule has 0 radical (unpaired) electrons. The third-order valence-corrected chi connectivity index (χ3v) is 1.24. The molecule has 0 saturated heterocycles. The quantitative estimate of drug-likeness (QED) is 0.543. The van der Waals surface area contributed by atoms with Crippen LogP contribution in [0.1, 0.15) is 5.69 Å². The summed E-state index contributed by atoms with van der Waals surface area (Å²) in [5.74, 6) is 0. The number of alkyl halides is 3. The molecule has 1 aromatic heterocycles. The highest BCUT2D eigenvalue weighted by Crippen LogP contribution is 2.26. The van der Waals surface area contributed by atoms with Crippen LogP contribution in [0.25, 0.3) is 0 Å². The number of rotatable bonds is 1. The maximum Gasteiger partial charge on any atom is 0.527 e. The van der Waals surface area contributed by atoms with Gasteiger partial charge in [-0.1, -0.05) is 0 Å². The predicted octanol–water partition coefficient (Wildman–Crippen LogP) is 1.48. The predicted molar refractivity (Wildman–Crippen MR) is 32.3 cm³/mol. The maximum atomic E-state index is 11.8. The van der Waals surface area contributed by atoms with Gasteiger partial charge in [0.1, 0.15) is 0 Å². The Kier molecular flexibility index (Phi) is 2.04. The van der Waals surface area contributed by atoms with Gasteiger partial charge in [0.2, 0.25) is 0 Å². The largest absolute Gasteiger partial charge is 0.527 e. The zero-order valence-electron chi connectivity index (χ0n) is 5.87. The van der Waals surface area contributed by atoms with E-state index < -0.39 is 24.4 Å². The number of hydrogen-bond donors (Lipinski definition) is 1. The minimum absolute atomic E-state index is 0.0556. The van der Waals surface area contributed by atoms with Crippen LogP contribution in [-0.2, 0) is 6.18 Å². The van der Waals surface area contributed by atoms with E-state index in [1.807, 2.05) is 0 Å². The molecule has 0 unspecified atom stereocenters. The van der Waals surface area contributed by atoms with Gasteiger partial charge in [-0.3, -0.25) is 0 Å². The molecule has 13 heavy (non-hydrogen) atoms. The second kappa shape index (κ2) is 2.67. The fourth-order valence-electron chi connectivity index (χ4n) is 0.650. The van der Waals surface area contributed by atoms with Gasteiger partial charge in [-0.2, -0.15) is 18.3 Å². The molecule has 1 aromatic rings. The summed E-state index contributed by atoms with van der Waals surface area (Å²) >= 11 is 0. The summed E-state index contributed by atoms with van der Waals surface area (Å²) in [5.41, 5.74) is -3.02. The van der Waals surface area contributed by atoms with Crippen molar-refractivity contribution in [3.05, 3.63) is 11.8 Å². The summed E-state index contributed by atoms with van der Waals surface area (Å²) in [5, 5.41) is 3.78. The first-order chi connectivity index (χ1) is 5.71. The van der Waals surface area contributed by atoms with E-state index >= 15 is 0 Å². The van der Waals surface area contributed by atoms with Crippen molar-refractivity contribution in [2.75, 3.05) is 0 Å². The molecule has 2 nitrogen and oxygen atoms in total. The highest BCUT2D eigenvalue weighted by Gasteiger charge is 2.37. The highest BCUT2D eigenvalue weighted by molar-refractivity contribution is 6.72. The van der Waals surface area contributed by atoms with Crippen molar-refractivity contribution in [2.24, 2.45) is 0 Å². The number of hydrogen-bond acceptors (Lipinski definition) is 1. The second-order valence-electron chi connectivity index (χ2n) is 2.28. The maximum absolute atomic E-state index is 11.8. The topological polar surface area (TPSA) is 28.7 Å². The van der Waals surface area contributed by atoms with Crippen molar-refractivity contribution in [1.82, 2.24) is 10.2 Å². The van der Waals surface area contributed by atoms with Gasteiger partial charge in [-0.05, 0) is 11.7 Å². The van der Waals surface area contributed by atoms with E-state index in [4.69, 9.17) is 0 Å². The van der Waals surface area contributed by atoms with Gasteiger partial charge < -0.3 is 18.0 Å². The highest BCUT2D eigenvalue weighted by atomic mass is 19.4. The summed E-state index contributed by atoms with van der Waals surface area (Å²) in [6.45, 7) is -5.45. The Morgan fingerprint density at radius 1 is 1.23 bits per heavy atom. The van der Waals surface area contributed by atoms with E-state index in [1.165, 1.54) is 5.10 Å². The zero-order chi connectivity index (χ0) is 10.3. The van der Waals surface area contributed by atoms with Crippen LogP contribution in [0, 0.1) is 0 Å². The number of H-pyrrole nitrogens is 1. The lowest BCUT2D eigenvalue weighted by atomic mass is 9.86. The Bertz CT molecular complexity index is 270. The third-order valence-electron chi connectivity index (χ3n) is 1.24. The van der Waals surface area contributed by atoms with Crippen LogP contribution < -0.4 is 5.59 Å². The molecule has 74 valence electrons. The van der Waals surface area contributed by atoms with Crippen LogP contribution in [0.2, 0.25) is 0 Å². The summed E-state index contributed by atoms with van der Waals surface area (Å²) in [7, 11) is 0. The molecule has 0 atom stereocenters. The van der Waals surface area contributed by atoms with Gasteiger partial charge in [0, 0.05) is 0 Å². The van der Waals surface area contributed by atoms with Crippen LogP contribution in [-0.4, -0.2) is 17.2 Å². The van der Waals surface area contributed by atoms with Crippen molar-refractivity contribution < 1.29 is 26.1 Å². The average molecular weight is 203 g/mol. The van der Waals surface area contributed by atoms with E-state index in [0.717, 1.165) is 0 Å². The molecule has 0 aromatic carbocycles. The third kappa shape index (κ3) is 2.16. The Balaban J connectivity index is 3.01. The lowest BCUT2D eigenvalue weighted by Gasteiger charge is -2.09. The summed E-state index contributed by atoms with van der Waals surface area (Å²) < 4.78 is 70.7. The molecule has 1 N–H and O–H groups in total. The van der Waals surface area contributed by atoms with E-state index in [9.17, 15) is 26.1 Å². The van der Waals surface area contributed by atoms with Gasteiger partial charge in [-0.25, -0.2) is 0 Å². The van der Waals surface area contributed by atoms with Crippen LogP contribution in [0.4, 0.5) is 26.1 Å². The fourth-order valence-corrected chi connectivity index (χ4v) is 0.650. The molecule has 0 amide bonds. The smallest absolute Gasteiger partial charge is 0.444 e. The Morgan fingerprint density at radius 3 is 2.00 bits per heavy atom. The molecule has 1 heterocycles. The van der Waals surface area contributed by atoms with Gasteiger partial charge in [0.15, 0.2) is 5.69 Å². The van der Waals surface area contributed by atoms with Crippen molar-refractivity contribution in [3.63, 3.8) is 0 Å². The Labute approximate surface area is 68.0 Å². The Morgan fingerprint density at radius 2 is 1.77 bits per heavy atom. The Hall–Kier alpha value is -1.15. The van der Waals surface area contributed by atoms with E-state index in [-0.39, 0.29) is 6.07 Å². The molecule has 9 heteroatoms. The van der Waals surface area contributed by atoms with Crippen LogP contribution >= 0.6 is 0 Å². The molecule has 0 spiro atoms. The first-order valence-corrected chi connectivity index (χ1v) is 3.03. The standard InChI is InChI=1S/C4H2BF6N2/c6-4(7,8)2-1-3(13-12-2)5(9,10)11/h1H,(H,12,13)/q-1. The van der Waals surface area contributed by atoms with Crippen molar-refractivity contribution in [1.29, 1.82) is 0 Å². The van der Waals surface area contributed by atoms with E-state index in [2.05, 4.69) is 5.10 Å². The van der Waals surface area contributed by atoms with Crippen LogP contribution in [0.3, 0.4) is 0 Å². The first-order valence-electron chi connectivity index (χ1n) is 3.03. The normalized spacial score (nSPS) is 13.4. The van der Waals surface area contributed by atoms with Gasteiger partial charge in [0.05, 0.1) is 0 Å². The number of halogens is 6. The minimum Gasteiger partial charge on any atom is -0.444 e. The van der Waals surface area contributed by atoms with Crippen molar-refractivity contribution in [2.45, 2.75) is 6.18 Å². The second-order valence-corrected chi connectivity index (χ2v) is 2.28.